The summed E-state index contributed by atoms with van der Waals surface area (Å²) in [7, 11) is 0. The fourth-order valence-electron chi connectivity index (χ4n) is 3.57. The van der Waals surface area contributed by atoms with Gasteiger partial charge in [0.25, 0.3) is 5.91 Å². The molecular formula is C19H23N3O3. The summed E-state index contributed by atoms with van der Waals surface area (Å²) in [5.74, 6) is 1.33. The molecule has 0 spiro atoms. The van der Waals surface area contributed by atoms with Crippen LogP contribution in [0.3, 0.4) is 0 Å². The van der Waals surface area contributed by atoms with Gasteiger partial charge < -0.3 is 14.4 Å². The number of hydrogen-bond acceptors (Lipinski definition) is 4. The van der Waals surface area contributed by atoms with Crippen LogP contribution in [0.5, 0.6) is 11.5 Å². The number of benzene rings is 1. The van der Waals surface area contributed by atoms with Crippen LogP contribution in [0.25, 0.3) is 0 Å². The third-order valence-electron chi connectivity index (χ3n) is 4.90. The first-order chi connectivity index (χ1) is 12.1. The Hall–Kier alpha value is -2.50. The molecule has 3 heterocycles. The molecule has 2 aliphatic heterocycles. The van der Waals surface area contributed by atoms with Crippen molar-refractivity contribution in [1.29, 1.82) is 0 Å². The Labute approximate surface area is 147 Å². The molecule has 132 valence electrons. The number of fused-ring (bicyclic) bond motifs is 1. The number of rotatable bonds is 2. The van der Waals surface area contributed by atoms with Crippen LogP contribution in [0.2, 0.25) is 0 Å². The maximum atomic E-state index is 13.0. The lowest BCUT2D eigenvalue weighted by Gasteiger charge is -2.38. The number of carbonyl (C=O) groups excluding carboxylic acids is 1. The highest BCUT2D eigenvalue weighted by atomic mass is 16.6. The quantitative estimate of drug-likeness (QED) is 0.842. The predicted octanol–water partition coefficient (Wildman–Crippen LogP) is 2.58. The summed E-state index contributed by atoms with van der Waals surface area (Å²) in [4.78, 5) is 14.9. The molecule has 6 heteroatoms. The van der Waals surface area contributed by atoms with E-state index in [0.29, 0.717) is 18.0 Å². The van der Waals surface area contributed by atoms with Crippen molar-refractivity contribution in [3.63, 3.8) is 0 Å². The van der Waals surface area contributed by atoms with Gasteiger partial charge in [0, 0.05) is 19.3 Å². The number of piperidine rings is 1. The van der Waals surface area contributed by atoms with Crippen LogP contribution in [0.1, 0.15) is 31.4 Å². The molecule has 1 aromatic heterocycles. The molecule has 1 aromatic carbocycles. The average molecular weight is 341 g/mol. The Morgan fingerprint density at radius 1 is 1.24 bits per heavy atom. The van der Waals surface area contributed by atoms with E-state index < -0.39 is 6.10 Å². The third kappa shape index (κ3) is 3.08. The molecule has 2 aliphatic rings. The molecule has 25 heavy (non-hydrogen) atoms. The van der Waals surface area contributed by atoms with Gasteiger partial charge in [-0.05, 0) is 44.4 Å². The Balaban J connectivity index is 1.49. The minimum Gasteiger partial charge on any atom is -0.482 e. The Morgan fingerprint density at radius 3 is 2.72 bits per heavy atom. The third-order valence-corrected chi connectivity index (χ3v) is 4.90. The van der Waals surface area contributed by atoms with Crippen molar-refractivity contribution in [3.8, 4) is 11.5 Å². The highest BCUT2D eigenvalue weighted by Crippen LogP contribution is 2.34. The van der Waals surface area contributed by atoms with E-state index in [1.165, 1.54) is 0 Å². The van der Waals surface area contributed by atoms with Crippen molar-refractivity contribution in [2.45, 2.75) is 44.9 Å². The summed E-state index contributed by atoms with van der Waals surface area (Å²) in [6, 6.07) is 7.71. The molecule has 0 bridgehead atoms. The van der Waals surface area contributed by atoms with Gasteiger partial charge >= 0.3 is 0 Å². The van der Waals surface area contributed by atoms with Crippen molar-refractivity contribution in [3.05, 3.63) is 42.2 Å². The summed E-state index contributed by atoms with van der Waals surface area (Å²) in [6.07, 6.45) is 4.98. The van der Waals surface area contributed by atoms with E-state index in [-0.39, 0.29) is 18.1 Å². The number of aromatic nitrogens is 2. The molecule has 3 atom stereocenters. The lowest BCUT2D eigenvalue weighted by molar-refractivity contribution is -0.146. The van der Waals surface area contributed by atoms with Gasteiger partial charge in [-0.1, -0.05) is 12.1 Å². The fourth-order valence-corrected chi connectivity index (χ4v) is 3.57. The van der Waals surface area contributed by atoms with Crippen LogP contribution in [0, 0.1) is 6.92 Å². The van der Waals surface area contributed by atoms with E-state index in [1.807, 2.05) is 60.1 Å². The number of likely N-dealkylation sites (tertiary alicyclic amines) is 1. The smallest absolute Gasteiger partial charge is 0.267 e. The molecule has 0 saturated carbocycles. The van der Waals surface area contributed by atoms with Crippen LogP contribution >= 0.6 is 0 Å². The largest absolute Gasteiger partial charge is 0.482 e. The van der Waals surface area contributed by atoms with E-state index in [9.17, 15) is 4.79 Å². The molecule has 1 amide bonds. The van der Waals surface area contributed by atoms with E-state index >= 15 is 0 Å². The molecular weight excluding hydrogens is 318 g/mol. The zero-order valence-corrected chi connectivity index (χ0v) is 14.6. The van der Waals surface area contributed by atoms with Crippen LogP contribution in [-0.4, -0.2) is 45.9 Å². The maximum Gasteiger partial charge on any atom is 0.267 e. The molecule has 0 N–H and O–H groups in total. The first-order valence-corrected chi connectivity index (χ1v) is 8.83. The summed E-state index contributed by atoms with van der Waals surface area (Å²) >= 11 is 0. The second kappa shape index (κ2) is 6.43. The first-order valence-electron chi connectivity index (χ1n) is 8.83. The lowest BCUT2D eigenvalue weighted by atomic mass is 10.0. The number of ether oxygens (including phenoxy) is 2. The highest BCUT2D eigenvalue weighted by molar-refractivity contribution is 5.82. The van der Waals surface area contributed by atoms with Gasteiger partial charge in [-0.2, -0.15) is 5.10 Å². The molecule has 1 fully saturated rings. The molecule has 4 rings (SSSR count). The van der Waals surface area contributed by atoms with E-state index in [1.54, 1.807) is 0 Å². The minimum absolute atomic E-state index is 0.00409. The van der Waals surface area contributed by atoms with Crippen LogP contribution in [0.15, 0.2) is 36.7 Å². The number of aryl methyl sites for hydroxylation is 1. The van der Waals surface area contributed by atoms with Crippen LogP contribution in [0.4, 0.5) is 0 Å². The first kappa shape index (κ1) is 16.0. The van der Waals surface area contributed by atoms with Crippen molar-refractivity contribution in [1.82, 2.24) is 14.7 Å². The Morgan fingerprint density at radius 2 is 2.00 bits per heavy atom. The highest BCUT2D eigenvalue weighted by Gasteiger charge is 2.38. The number of carbonyl (C=O) groups is 1. The van der Waals surface area contributed by atoms with Crippen molar-refractivity contribution in [2.24, 2.45) is 0 Å². The summed E-state index contributed by atoms with van der Waals surface area (Å²) in [6.45, 7) is 5.33. The van der Waals surface area contributed by atoms with Crippen LogP contribution < -0.4 is 9.47 Å². The monoisotopic (exact) mass is 341 g/mol. The predicted molar refractivity (Wildman–Crippen MR) is 92.8 cm³/mol. The normalized spacial score (nSPS) is 25.7. The molecule has 3 unspecified atom stereocenters. The van der Waals surface area contributed by atoms with Gasteiger partial charge in [0.15, 0.2) is 11.5 Å². The van der Waals surface area contributed by atoms with Crippen molar-refractivity contribution < 1.29 is 14.3 Å². The summed E-state index contributed by atoms with van der Waals surface area (Å²) in [5.41, 5.74) is 1.14. The van der Waals surface area contributed by atoms with Crippen LogP contribution in [-0.2, 0) is 4.79 Å². The molecule has 0 aliphatic carbocycles. The van der Waals surface area contributed by atoms with Gasteiger partial charge in [-0.15, -0.1) is 0 Å². The number of hydrogen-bond donors (Lipinski definition) is 0. The maximum absolute atomic E-state index is 13.0. The van der Waals surface area contributed by atoms with E-state index in [0.717, 1.165) is 24.9 Å². The lowest BCUT2D eigenvalue weighted by Crippen LogP contribution is -2.53. The van der Waals surface area contributed by atoms with Gasteiger partial charge in [0.2, 0.25) is 6.10 Å². The number of amides is 1. The Kier molecular flexibility index (Phi) is 4.11. The second-order valence-corrected chi connectivity index (χ2v) is 6.89. The Bertz CT molecular complexity index is 773. The van der Waals surface area contributed by atoms with Crippen molar-refractivity contribution in [2.75, 3.05) is 13.1 Å². The van der Waals surface area contributed by atoms with Gasteiger partial charge in [-0.3, -0.25) is 9.48 Å². The second-order valence-electron chi connectivity index (χ2n) is 6.89. The topological polar surface area (TPSA) is 56.6 Å². The van der Waals surface area contributed by atoms with Crippen molar-refractivity contribution >= 4 is 5.91 Å². The minimum atomic E-state index is -0.604. The number of para-hydroxylation sites is 2. The summed E-state index contributed by atoms with van der Waals surface area (Å²) in [5, 5.41) is 4.41. The molecule has 2 aromatic rings. The van der Waals surface area contributed by atoms with Gasteiger partial charge in [-0.25, -0.2) is 0 Å². The summed E-state index contributed by atoms with van der Waals surface area (Å²) < 4.78 is 13.8. The molecule has 6 nitrogen and oxygen atoms in total. The standard InChI is InChI=1S/C19H23N3O3/c1-13-10-20-22(11-13)15-6-5-9-21(12-15)19(23)18-14(2)24-16-7-3-4-8-17(16)25-18/h3-4,7-8,10-11,14-15,18H,5-6,9,12H2,1-2H3. The number of nitrogens with zero attached hydrogens (tertiary/aromatic N) is 3. The van der Waals surface area contributed by atoms with E-state index in [2.05, 4.69) is 5.10 Å². The van der Waals surface area contributed by atoms with Gasteiger partial charge in [0.1, 0.15) is 6.10 Å². The van der Waals surface area contributed by atoms with Gasteiger partial charge in [0.05, 0.1) is 12.2 Å². The molecule has 0 radical (unpaired) electrons. The molecule has 1 saturated heterocycles. The zero-order valence-electron chi connectivity index (χ0n) is 14.6. The zero-order chi connectivity index (χ0) is 17.4. The average Bonchev–Trinajstić information content (AvgIpc) is 3.07. The SMILES string of the molecule is Cc1cnn(C2CCCN(C(=O)C3Oc4ccccc4OC3C)C2)c1. The fraction of sp³-hybridized carbons (Fsp3) is 0.474. The van der Waals surface area contributed by atoms with E-state index in [4.69, 9.17) is 9.47 Å².